The van der Waals surface area contributed by atoms with Crippen molar-refractivity contribution in [2.24, 2.45) is 11.8 Å². The Kier molecular flexibility index (Phi) is 6.23. The minimum atomic E-state index is -0.0554. The average Bonchev–Trinajstić information content (AvgIpc) is 2.65. The summed E-state index contributed by atoms with van der Waals surface area (Å²) in [7, 11) is 0. The molecule has 1 aliphatic carbocycles. The van der Waals surface area contributed by atoms with Crippen LogP contribution in [-0.2, 0) is 4.79 Å². The van der Waals surface area contributed by atoms with Crippen molar-refractivity contribution in [3.63, 3.8) is 0 Å². The minimum absolute atomic E-state index is 0.0554. The van der Waals surface area contributed by atoms with Gasteiger partial charge in [-0.2, -0.15) is 0 Å². The molecule has 3 rings (SSSR count). The van der Waals surface area contributed by atoms with Gasteiger partial charge in [-0.15, -0.1) is 0 Å². The Morgan fingerprint density at radius 1 is 1.12 bits per heavy atom. The highest BCUT2D eigenvalue weighted by atomic mass is 16.3. The van der Waals surface area contributed by atoms with Crippen molar-refractivity contribution in [2.75, 3.05) is 13.1 Å². The molecule has 1 aromatic rings. The third kappa shape index (κ3) is 4.40. The second kappa shape index (κ2) is 8.43. The van der Waals surface area contributed by atoms with Crippen LogP contribution in [0, 0.1) is 11.8 Å². The molecule has 0 aromatic heterocycles. The molecule has 0 unspecified atom stereocenters. The number of phenols is 1. The minimum Gasteiger partial charge on any atom is -0.508 e. The standard InChI is InChI=1S/C22H34N2O2/c1-15-5-4-6-21(16(15)2)23-22(26)17(3)24-13-11-19(12-14-24)18-7-9-20(25)10-8-18/h7-10,15-17,19,21,25H,4-6,11-14H2,1-3H3,(H,23,26)/t15-,16+,17+,21+/m1/s1. The number of phenolic OH excluding ortho intramolecular Hbond substituents is 1. The van der Waals surface area contributed by atoms with Crippen LogP contribution in [0.3, 0.4) is 0 Å². The van der Waals surface area contributed by atoms with Crippen LogP contribution in [-0.4, -0.2) is 41.1 Å². The molecule has 1 saturated carbocycles. The van der Waals surface area contributed by atoms with E-state index in [1.165, 1.54) is 18.4 Å². The number of amides is 1. The summed E-state index contributed by atoms with van der Waals surface area (Å²) < 4.78 is 0. The summed E-state index contributed by atoms with van der Waals surface area (Å²) in [5, 5.41) is 12.8. The SMILES string of the molecule is C[C@H]1[C@H](C)CCC[C@@H]1NC(=O)[C@H](C)N1CCC(c2ccc(O)cc2)CC1. The van der Waals surface area contributed by atoms with Gasteiger partial charge in [-0.1, -0.05) is 38.8 Å². The number of piperidine rings is 1. The Morgan fingerprint density at radius 2 is 1.77 bits per heavy atom. The smallest absolute Gasteiger partial charge is 0.237 e. The van der Waals surface area contributed by atoms with Gasteiger partial charge in [0.05, 0.1) is 6.04 Å². The lowest BCUT2D eigenvalue weighted by atomic mass is 9.78. The Morgan fingerprint density at radius 3 is 2.42 bits per heavy atom. The van der Waals surface area contributed by atoms with E-state index in [1.807, 2.05) is 19.1 Å². The van der Waals surface area contributed by atoms with E-state index in [1.54, 1.807) is 12.1 Å². The van der Waals surface area contributed by atoms with E-state index < -0.39 is 0 Å². The van der Waals surface area contributed by atoms with Gasteiger partial charge >= 0.3 is 0 Å². The molecule has 1 amide bonds. The number of aromatic hydroxyl groups is 1. The largest absolute Gasteiger partial charge is 0.508 e. The maximum atomic E-state index is 12.8. The predicted octanol–water partition coefficient (Wildman–Crippen LogP) is 3.90. The zero-order chi connectivity index (χ0) is 18.7. The number of nitrogens with zero attached hydrogens (tertiary/aromatic N) is 1. The van der Waals surface area contributed by atoms with Crippen LogP contribution in [0.15, 0.2) is 24.3 Å². The fourth-order valence-corrected chi connectivity index (χ4v) is 4.62. The van der Waals surface area contributed by atoms with Crippen molar-refractivity contribution in [3.05, 3.63) is 29.8 Å². The molecule has 1 heterocycles. The van der Waals surface area contributed by atoms with E-state index in [2.05, 4.69) is 24.1 Å². The van der Waals surface area contributed by atoms with Crippen molar-refractivity contribution < 1.29 is 9.90 Å². The average molecular weight is 359 g/mol. The lowest BCUT2D eigenvalue weighted by Crippen LogP contribution is -2.52. The Balaban J connectivity index is 1.50. The van der Waals surface area contributed by atoms with E-state index in [-0.39, 0.29) is 11.9 Å². The van der Waals surface area contributed by atoms with Crippen molar-refractivity contribution in [1.82, 2.24) is 10.2 Å². The molecule has 4 nitrogen and oxygen atoms in total. The molecule has 1 saturated heterocycles. The molecular weight excluding hydrogens is 324 g/mol. The highest BCUT2D eigenvalue weighted by molar-refractivity contribution is 5.81. The molecular formula is C22H34N2O2. The third-order valence-electron chi connectivity index (χ3n) is 6.86. The molecule has 2 N–H and O–H groups in total. The maximum Gasteiger partial charge on any atom is 0.237 e. The van der Waals surface area contributed by atoms with E-state index in [0.29, 0.717) is 29.5 Å². The van der Waals surface area contributed by atoms with Crippen LogP contribution in [0.25, 0.3) is 0 Å². The first kappa shape index (κ1) is 19.2. The van der Waals surface area contributed by atoms with Gasteiger partial charge in [0, 0.05) is 6.04 Å². The van der Waals surface area contributed by atoms with Gasteiger partial charge in [0.25, 0.3) is 0 Å². The topological polar surface area (TPSA) is 52.6 Å². The molecule has 4 heteroatoms. The van der Waals surface area contributed by atoms with Gasteiger partial charge in [-0.05, 0) is 74.7 Å². The van der Waals surface area contributed by atoms with Gasteiger partial charge in [-0.3, -0.25) is 9.69 Å². The Labute approximate surface area is 158 Å². The van der Waals surface area contributed by atoms with Crippen molar-refractivity contribution in [3.8, 4) is 5.75 Å². The monoisotopic (exact) mass is 358 g/mol. The van der Waals surface area contributed by atoms with Crippen LogP contribution in [0.1, 0.15) is 64.4 Å². The summed E-state index contributed by atoms with van der Waals surface area (Å²) in [5.41, 5.74) is 1.30. The molecule has 1 aliphatic heterocycles. The maximum absolute atomic E-state index is 12.8. The van der Waals surface area contributed by atoms with Gasteiger partial charge in [0.15, 0.2) is 0 Å². The number of rotatable bonds is 4. The first-order valence-corrected chi connectivity index (χ1v) is 10.3. The summed E-state index contributed by atoms with van der Waals surface area (Å²) in [6, 6.07) is 7.87. The van der Waals surface area contributed by atoms with Crippen LogP contribution < -0.4 is 5.32 Å². The van der Waals surface area contributed by atoms with Crippen molar-refractivity contribution in [2.45, 2.75) is 70.9 Å². The lowest BCUT2D eigenvalue weighted by Gasteiger charge is -2.38. The van der Waals surface area contributed by atoms with E-state index >= 15 is 0 Å². The number of hydrogen-bond acceptors (Lipinski definition) is 3. The highest BCUT2D eigenvalue weighted by Crippen LogP contribution is 2.31. The summed E-state index contributed by atoms with van der Waals surface area (Å²) >= 11 is 0. The summed E-state index contributed by atoms with van der Waals surface area (Å²) in [6.45, 7) is 8.55. The van der Waals surface area contributed by atoms with Crippen LogP contribution in [0.2, 0.25) is 0 Å². The molecule has 2 fully saturated rings. The highest BCUT2D eigenvalue weighted by Gasteiger charge is 2.32. The molecule has 0 radical (unpaired) electrons. The Bertz CT molecular complexity index is 593. The quantitative estimate of drug-likeness (QED) is 0.858. The zero-order valence-electron chi connectivity index (χ0n) is 16.4. The molecule has 26 heavy (non-hydrogen) atoms. The second-order valence-electron chi connectivity index (χ2n) is 8.46. The first-order valence-electron chi connectivity index (χ1n) is 10.3. The van der Waals surface area contributed by atoms with E-state index in [9.17, 15) is 9.90 Å². The second-order valence-corrected chi connectivity index (χ2v) is 8.46. The molecule has 144 valence electrons. The number of carbonyl (C=O) groups is 1. The van der Waals surface area contributed by atoms with Crippen LogP contribution >= 0.6 is 0 Å². The molecule has 4 atom stereocenters. The number of benzene rings is 1. The molecule has 2 aliphatic rings. The van der Waals surface area contributed by atoms with E-state index in [0.717, 1.165) is 32.4 Å². The van der Waals surface area contributed by atoms with Crippen LogP contribution in [0.5, 0.6) is 5.75 Å². The van der Waals surface area contributed by atoms with Crippen molar-refractivity contribution >= 4 is 5.91 Å². The molecule has 0 spiro atoms. The summed E-state index contributed by atoms with van der Waals surface area (Å²) in [4.78, 5) is 15.1. The predicted molar refractivity (Wildman–Crippen MR) is 105 cm³/mol. The third-order valence-corrected chi connectivity index (χ3v) is 6.86. The zero-order valence-corrected chi connectivity index (χ0v) is 16.4. The Hall–Kier alpha value is -1.55. The number of carbonyl (C=O) groups excluding carboxylic acids is 1. The van der Waals surface area contributed by atoms with Gasteiger partial charge in [0.1, 0.15) is 5.75 Å². The van der Waals surface area contributed by atoms with Gasteiger partial charge < -0.3 is 10.4 Å². The summed E-state index contributed by atoms with van der Waals surface area (Å²) in [5.74, 6) is 2.31. The molecule has 0 bridgehead atoms. The molecule has 1 aromatic carbocycles. The lowest BCUT2D eigenvalue weighted by molar-refractivity contribution is -0.127. The fraction of sp³-hybridized carbons (Fsp3) is 0.682. The van der Waals surface area contributed by atoms with Crippen molar-refractivity contribution in [1.29, 1.82) is 0 Å². The number of nitrogens with one attached hydrogen (secondary N) is 1. The first-order chi connectivity index (χ1) is 12.5. The number of hydrogen-bond donors (Lipinski definition) is 2. The van der Waals surface area contributed by atoms with Gasteiger partial charge in [-0.25, -0.2) is 0 Å². The normalized spacial score (nSPS) is 29.3. The van der Waals surface area contributed by atoms with E-state index in [4.69, 9.17) is 0 Å². The summed E-state index contributed by atoms with van der Waals surface area (Å²) in [6.07, 6.45) is 5.77. The fourth-order valence-electron chi connectivity index (χ4n) is 4.62. The number of likely N-dealkylation sites (tertiary alicyclic amines) is 1. The van der Waals surface area contributed by atoms with Crippen LogP contribution in [0.4, 0.5) is 0 Å². The van der Waals surface area contributed by atoms with Gasteiger partial charge in [0.2, 0.25) is 5.91 Å².